The fourth-order valence-corrected chi connectivity index (χ4v) is 6.77. The number of benzene rings is 2. The Bertz CT molecular complexity index is 1860. The van der Waals surface area contributed by atoms with Gasteiger partial charge < -0.3 is 39.5 Å². The molecule has 1 saturated carbocycles. The number of hydroxylamine groups is 2. The average molecular weight is 788 g/mol. The molecule has 0 radical (unpaired) electrons. The first-order chi connectivity index (χ1) is 27.7. The molecule has 2 saturated heterocycles. The highest BCUT2D eigenvalue weighted by molar-refractivity contribution is 5.96. The van der Waals surface area contributed by atoms with E-state index in [4.69, 9.17) is 19.0 Å². The van der Waals surface area contributed by atoms with Crippen molar-refractivity contribution >= 4 is 35.8 Å². The van der Waals surface area contributed by atoms with Gasteiger partial charge in [-0.3, -0.25) is 24.0 Å². The van der Waals surface area contributed by atoms with Gasteiger partial charge in [0, 0.05) is 38.2 Å². The smallest absolute Gasteiger partial charge is 0.467 e. The number of likely N-dealkylation sites (tertiary alicyclic amines) is 1. The molecule has 3 aromatic rings. The molecule has 1 aliphatic carbocycles. The molecule has 2 N–H and O–H groups in total. The van der Waals surface area contributed by atoms with Gasteiger partial charge in [-0.1, -0.05) is 48.5 Å². The van der Waals surface area contributed by atoms with E-state index in [1.807, 2.05) is 36.4 Å². The van der Waals surface area contributed by atoms with Gasteiger partial charge in [-0.05, 0) is 63.1 Å². The molecule has 0 spiro atoms. The zero-order valence-corrected chi connectivity index (χ0v) is 32.0. The molecule has 6 rings (SSSR count). The van der Waals surface area contributed by atoms with Crippen molar-refractivity contribution in [2.45, 2.75) is 76.6 Å². The molecule has 4 amide bonds. The number of carbonyl (C=O) groups is 6. The van der Waals surface area contributed by atoms with Crippen molar-refractivity contribution in [3.63, 3.8) is 0 Å². The molecular formula is C40H49N7O10. The SMILES string of the molecule is CCOC(=O)ON1CCN(C(=O)[C@H](CCC(=O)OCc2ccccc2)NC(=O)c2cc(OCC(=O)N3CCC[C@H]3C(=O)NC3CCC3)n(-c3ccccc3)n2)CC1. The van der Waals surface area contributed by atoms with Gasteiger partial charge in [0.15, 0.2) is 12.3 Å². The van der Waals surface area contributed by atoms with Gasteiger partial charge in [0.05, 0.1) is 25.4 Å². The maximum absolute atomic E-state index is 13.9. The highest BCUT2D eigenvalue weighted by Gasteiger charge is 2.36. The van der Waals surface area contributed by atoms with Crippen LogP contribution in [-0.4, -0.2) is 124 Å². The summed E-state index contributed by atoms with van der Waals surface area (Å²) in [6.45, 7) is 2.67. The zero-order chi connectivity index (χ0) is 40.1. The Morgan fingerprint density at radius 1 is 0.860 bits per heavy atom. The standard InChI is InChI=1S/C40H49N7O10/c1-2-54-40(53)57-45-23-21-44(22-24-45)39(52)31(18-19-36(49)56-26-28-11-5-3-6-12-28)42-37(50)32-25-35(47(43-32)30-15-7-4-8-16-30)55-27-34(48)46-20-10-17-33(46)38(51)41-29-13-9-14-29/h3-8,11-12,15-16,25,29,31,33H,2,9-10,13-14,17-24,26-27H2,1H3,(H,41,51)(H,42,50)/t31-,33-/m0/s1. The van der Waals surface area contributed by atoms with E-state index in [1.54, 1.807) is 31.2 Å². The maximum atomic E-state index is 13.9. The molecule has 2 aliphatic heterocycles. The Balaban J connectivity index is 1.14. The molecule has 17 nitrogen and oxygen atoms in total. The summed E-state index contributed by atoms with van der Waals surface area (Å²) >= 11 is 0. The van der Waals surface area contributed by atoms with Crippen LogP contribution in [0.3, 0.4) is 0 Å². The maximum Gasteiger partial charge on any atom is 0.527 e. The number of nitrogens with one attached hydrogen (secondary N) is 2. The minimum absolute atomic E-state index is 0.0569. The summed E-state index contributed by atoms with van der Waals surface area (Å²) in [6.07, 6.45) is 3.15. The highest BCUT2D eigenvalue weighted by Crippen LogP contribution is 2.24. The number of nitrogens with zero attached hydrogens (tertiary/aromatic N) is 5. The number of amides is 4. The van der Waals surface area contributed by atoms with Crippen molar-refractivity contribution in [3.8, 4) is 11.6 Å². The average Bonchev–Trinajstić information content (AvgIpc) is 3.89. The number of carbonyl (C=O) groups excluding carboxylic acids is 6. The molecule has 57 heavy (non-hydrogen) atoms. The van der Waals surface area contributed by atoms with Gasteiger partial charge in [-0.2, -0.15) is 5.10 Å². The summed E-state index contributed by atoms with van der Waals surface area (Å²) < 4.78 is 17.6. The fourth-order valence-electron chi connectivity index (χ4n) is 6.77. The molecule has 2 atom stereocenters. The summed E-state index contributed by atoms with van der Waals surface area (Å²) in [6, 6.07) is 17.9. The number of hydrogen-bond acceptors (Lipinski definition) is 12. The van der Waals surface area contributed by atoms with Gasteiger partial charge in [0.2, 0.25) is 17.7 Å². The Hall–Kier alpha value is -5.97. The molecule has 3 fully saturated rings. The third-order valence-electron chi connectivity index (χ3n) is 10.1. The van der Waals surface area contributed by atoms with Crippen LogP contribution in [0.2, 0.25) is 0 Å². The number of aromatic nitrogens is 2. The topological polar surface area (TPSA) is 191 Å². The highest BCUT2D eigenvalue weighted by atomic mass is 16.8. The molecule has 3 heterocycles. The van der Waals surface area contributed by atoms with Crippen molar-refractivity contribution in [2.24, 2.45) is 0 Å². The third kappa shape index (κ3) is 11.1. The van der Waals surface area contributed by atoms with Gasteiger partial charge in [-0.15, -0.1) is 5.06 Å². The summed E-state index contributed by atoms with van der Waals surface area (Å²) in [5.74, 6) is -2.13. The second-order valence-corrected chi connectivity index (χ2v) is 14.0. The minimum atomic E-state index is -1.15. The Kier molecular flexibility index (Phi) is 14.1. The van der Waals surface area contributed by atoms with Crippen LogP contribution in [0.15, 0.2) is 66.7 Å². The number of esters is 1. The van der Waals surface area contributed by atoms with Crippen LogP contribution in [0.25, 0.3) is 5.69 Å². The summed E-state index contributed by atoms with van der Waals surface area (Å²) in [5, 5.41) is 11.7. The van der Waals surface area contributed by atoms with E-state index in [2.05, 4.69) is 15.7 Å². The van der Waals surface area contributed by atoms with E-state index in [-0.39, 0.29) is 81.7 Å². The zero-order valence-electron chi connectivity index (χ0n) is 32.0. The van der Waals surface area contributed by atoms with Crippen molar-refractivity contribution in [1.29, 1.82) is 0 Å². The van der Waals surface area contributed by atoms with E-state index in [1.165, 1.54) is 25.6 Å². The molecule has 2 aromatic carbocycles. The lowest BCUT2D eigenvalue weighted by atomic mass is 9.93. The van der Waals surface area contributed by atoms with Gasteiger partial charge in [-0.25, -0.2) is 9.48 Å². The van der Waals surface area contributed by atoms with Gasteiger partial charge in [0.25, 0.3) is 11.8 Å². The summed E-state index contributed by atoms with van der Waals surface area (Å²) in [7, 11) is 0. The number of rotatable bonds is 16. The predicted octanol–water partition coefficient (Wildman–Crippen LogP) is 2.77. The van der Waals surface area contributed by atoms with Crippen molar-refractivity contribution < 1.29 is 47.8 Å². The summed E-state index contributed by atoms with van der Waals surface area (Å²) in [5.41, 5.74) is 1.25. The van der Waals surface area contributed by atoms with Crippen LogP contribution < -0.4 is 15.4 Å². The van der Waals surface area contributed by atoms with E-state index >= 15 is 0 Å². The second kappa shape index (κ2) is 19.8. The summed E-state index contributed by atoms with van der Waals surface area (Å²) in [4.78, 5) is 87.0. The van der Waals surface area contributed by atoms with Crippen molar-refractivity contribution in [2.75, 3.05) is 45.9 Å². The quantitative estimate of drug-likeness (QED) is 0.202. The van der Waals surface area contributed by atoms with Crippen LogP contribution in [0.1, 0.15) is 67.9 Å². The fraction of sp³-hybridized carbons (Fsp3) is 0.475. The number of ether oxygens (including phenoxy) is 3. The van der Waals surface area contributed by atoms with E-state index in [0.29, 0.717) is 25.1 Å². The second-order valence-electron chi connectivity index (χ2n) is 14.0. The Morgan fingerprint density at radius 3 is 2.26 bits per heavy atom. The lowest BCUT2D eigenvalue weighted by Crippen LogP contribution is -2.55. The van der Waals surface area contributed by atoms with E-state index < -0.39 is 42.6 Å². The largest absolute Gasteiger partial charge is 0.527 e. The van der Waals surface area contributed by atoms with E-state index in [9.17, 15) is 28.8 Å². The third-order valence-corrected chi connectivity index (χ3v) is 10.1. The molecule has 1 aromatic heterocycles. The van der Waals surface area contributed by atoms with Crippen LogP contribution in [0.4, 0.5) is 4.79 Å². The minimum Gasteiger partial charge on any atom is -0.467 e. The van der Waals surface area contributed by atoms with E-state index in [0.717, 1.165) is 24.8 Å². The number of piperazine rings is 1. The van der Waals surface area contributed by atoms with Crippen LogP contribution in [-0.2, 0) is 40.1 Å². The predicted molar refractivity (Wildman–Crippen MR) is 203 cm³/mol. The molecular weight excluding hydrogens is 738 g/mol. The normalized spacial score (nSPS) is 17.5. The molecule has 0 bridgehead atoms. The molecule has 304 valence electrons. The van der Waals surface area contributed by atoms with Gasteiger partial charge in [0.1, 0.15) is 18.7 Å². The Morgan fingerprint density at radius 2 is 1.58 bits per heavy atom. The van der Waals surface area contributed by atoms with Crippen molar-refractivity contribution in [3.05, 3.63) is 78.0 Å². The first-order valence-electron chi connectivity index (χ1n) is 19.5. The lowest BCUT2D eigenvalue weighted by Gasteiger charge is -2.35. The lowest BCUT2D eigenvalue weighted by molar-refractivity contribution is -0.157. The Labute approximate surface area is 330 Å². The molecule has 17 heteroatoms. The van der Waals surface area contributed by atoms with Crippen LogP contribution in [0, 0.1) is 0 Å². The van der Waals surface area contributed by atoms with Crippen LogP contribution in [0.5, 0.6) is 5.88 Å². The first kappa shape index (κ1) is 40.7. The van der Waals surface area contributed by atoms with Gasteiger partial charge >= 0.3 is 12.1 Å². The monoisotopic (exact) mass is 787 g/mol. The molecule has 0 unspecified atom stereocenters. The number of hydrogen-bond donors (Lipinski definition) is 2. The molecule has 3 aliphatic rings. The first-order valence-corrected chi connectivity index (χ1v) is 19.5. The number of para-hydroxylation sites is 1. The van der Waals surface area contributed by atoms with Crippen LogP contribution >= 0.6 is 0 Å². The van der Waals surface area contributed by atoms with Crippen molar-refractivity contribution in [1.82, 2.24) is 35.3 Å².